The Morgan fingerprint density at radius 3 is 2.44 bits per heavy atom. The number of benzene rings is 1. The van der Waals surface area contributed by atoms with Crippen molar-refractivity contribution in [2.75, 3.05) is 7.05 Å². The molecule has 0 saturated carbocycles. The minimum atomic E-state index is -0.527. The van der Waals surface area contributed by atoms with E-state index in [1.54, 1.807) is 36.3 Å². The summed E-state index contributed by atoms with van der Waals surface area (Å²) in [5.41, 5.74) is 15.6. The molecule has 3 rings (SSSR count). The summed E-state index contributed by atoms with van der Waals surface area (Å²) in [5.74, 6) is 6.10. The Kier molecular flexibility index (Phi) is 4.91. The number of aryl methyl sites for hydroxylation is 1. The third kappa shape index (κ3) is 3.65. The Morgan fingerprint density at radius 2 is 1.85 bits per heavy atom. The summed E-state index contributed by atoms with van der Waals surface area (Å²) in [7, 11) is 1.71. The summed E-state index contributed by atoms with van der Waals surface area (Å²) >= 11 is 0. The molecule has 138 valence electrons. The van der Waals surface area contributed by atoms with Crippen molar-refractivity contribution in [2.45, 2.75) is 6.92 Å². The highest BCUT2D eigenvalue weighted by Crippen LogP contribution is 2.25. The fraction of sp³-hybridized carbons (Fsp3) is 0.105. The second-order valence-corrected chi connectivity index (χ2v) is 6.12. The molecule has 0 aliphatic rings. The predicted octanol–water partition coefficient (Wildman–Crippen LogP) is 1.26. The van der Waals surface area contributed by atoms with Gasteiger partial charge in [0.15, 0.2) is 0 Å². The van der Waals surface area contributed by atoms with Gasteiger partial charge in [0.05, 0.1) is 11.3 Å². The molecule has 0 aliphatic carbocycles. The number of aromatic nitrogens is 3. The fourth-order valence-corrected chi connectivity index (χ4v) is 2.77. The van der Waals surface area contributed by atoms with Gasteiger partial charge in [-0.25, -0.2) is 15.8 Å². The Morgan fingerprint density at radius 1 is 1.11 bits per heavy atom. The van der Waals surface area contributed by atoms with Crippen LogP contribution in [0.5, 0.6) is 0 Å². The number of nitrogens with zero attached hydrogens (tertiary/aromatic N) is 4. The molecule has 0 saturated heterocycles. The highest BCUT2D eigenvalue weighted by atomic mass is 16.1. The molecule has 8 nitrogen and oxygen atoms in total. The number of amides is 1. The summed E-state index contributed by atoms with van der Waals surface area (Å²) in [5, 5.41) is 1.44. The lowest BCUT2D eigenvalue weighted by Gasteiger charge is -2.19. The zero-order valence-corrected chi connectivity index (χ0v) is 15.1. The van der Waals surface area contributed by atoms with Crippen LogP contribution in [0.4, 0.5) is 0 Å². The largest absolute Gasteiger partial charge is 0.396 e. The monoisotopic (exact) mass is 363 g/mol. The van der Waals surface area contributed by atoms with Crippen LogP contribution in [0.1, 0.15) is 27.2 Å². The number of hydrazine groups is 1. The Bertz CT molecular complexity index is 1000. The Balaban J connectivity index is 2.03. The van der Waals surface area contributed by atoms with Crippen LogP contribution in [0.25, 0.3) is 17.2 Å². The van der Waals surface area contributed by atoms with E-state index in [2.05, 4.69) is 9.97 Å². The number of imidazole rings is 1. The lowest BCUT2D eigenvalue weighted by molar-refractivity contribution is 0.1000. The number of carbonyl (C=O) groups is 1. The topological polar surface area (TPSA) is 129 Å². The van der Waals surface area contributed by atoms with Crippen molar-refractivity contribution in [3.05, 3.63) is 77.5 Å². The molecule has 1 aromatic carbocycles. The fourth-order valence-electron chi connectivity index (χ4n) is 2.77. The zero-order chi connectivity index (χ0) is 19.6. The summed E-state index contributed by atoms with van der Waals surface area (Å²) in [6.45, 7) is 1.99. The minimum Gasteiger partial charge on any atom is -0.396 e. The first kappa shape index (κ1) is 18.2. The lowest BCUT2D eigenvalue weighted by Crippen LogP contribution is -2.27. The SMILES string of the molecule is Cc1ccccc1/C(N)=C(\c1cn(-c2ccc(C(N)=O)cn2)cn1)N(C)N. The van der Waals surface area contributed by atoms with Crippen LogP contribution in [0.2, 0.25) is 0 Å². The van der Waals surface area contributed by atoms with Gasteiger partial charge in [-0.1, -0.05) is 24.3 Å². The van der Waals surface area contributed by atoms with Gasteiger partial charge in [0, 0.05) is 25.0 Å². The van der Waals surface area contributed by atoms with E-state index in [0.29, 0.717) is 28.5 Å². The van der Waals surface area contributed by atoms with E-state index < -0.39 is 5.91 Å². The average Bonchev–Trinajstić information content (AvgIpc) is 3.11. The highest BCUT2D eigenvalue weighted by Gasteiger charge is 2.16. The first-order valence-electron chi connectivity index (χ1n) is 8.23. The first-order chi connectivity index (χ1) is 12.9. The van der Waals surface area contributed by atoms with Gasteiger partial charge in [0.1, 0.15) is 23.5 Å². The standard InChI is InChI=1S/C19H21N7O/c1-12-5-3-4-6-14(12)17(20)18(25(2)22)15-10-26(11-24-15)16-8-7-13(9-23-16)19(21)27/h3-11H,20,22H2,1-2H3,(H2,21,27)/b18-17-. The molecule has 0 spiro atoms. The number of primary amides is 1. The van der Waals surface area contributed by atoms with Gasteiger partial charge < -0.3 is 16.5 Å². The molecule has 6 N–H and O–H groups in total. The van der Waals surface area contributed by atoms with E-state index in [1.165, 1.54) is 11.2 Å². The van der Waals surface area contributed by atoms with Crippen LogP contribution in [0.15, 0.2) is 55.1 Å². The van der Waals surface area contributed by atoms with Gasteiger partial charge in [-0.2, -0.15) is 0 Å². The predicted molar refractivity (Wildman–Crippen MR) is 104 cm³/mol. The molecule has 2 aromatic heterocycles. The van der Waals surface area contributed by atoms with Gasteiger partial charge in [0.2, 0.25) is 5.91 Å². The number of pyridine rings is 1. The molecule has 8 heteroatoms. The van der Waals surface area contributed by atoms with E-state index in [4.69, 9.17) is 17.3 Å². The number of hydrogen-bond donors (Lipinski definition) is 3. The maximum absolute atomic E-state index is 11.2. The van der Waals surface area contributed by atoms with Gasteiger partial charge in [-0.3, -0.25) is 9.36 Å². The lowest BCUT2D eigenvalue weighted by atomic mass is 10.0. The second kappa shape index (κ2) is 7.30. The van der Waals surface area contributed by atoms with Crippen LogP contribution < -0.4 is 17.3 Å². The third-order valence-corrected chi connectivity index (χ3v) is 4.17. The molecule has 0 bridgehead atoms. The van der Waals surface area contributed by atoms with Crippen LogP contribution in [-0.2, 0) is 0 Å². The molecular formula is C19H21N7O. The van der Waals surface area contributed by atoms with Crippen molar-refractivity contribution in [2.24, 2.45) is 17.3 Å². The van der Waals surface area contributed by atoms with E-state index in [0.717, 1.165) is 11.1 Å². The van der Waals surface area contributed by atoms with Crippen LogP contribution >= 0.6 is 0 Å². The van der Waals surface area contributed by atoms with Crippen LogP contribution in [0.3, 0.4) is 0 Å². The molecule has 1 amide bonds. The van der Waals surface area contributed by atoms with Crippen LogP contribution in [-0.4, -0.2) is 32.5 Å². The van der Waals surface area contributed by atoms with Gasteiger partial charge >= 0.3 is 0 Å². The maximum Gasteiger partial charge on any atom is 0.250 e. The van der Waals surface area contributed by atoms with Crippen molar-refractivity contribution in [1.82, 2.24) is 19.5 Å². The molecule has 0 atom stereocenters. The van der Waals surface area contributed by atoms with E-state index >= 15 is 0 Å². The summed E-state index contributed by atoms with van der Waals surface area (Å²) in [6.07, 6.45) is 4.80. The minimum absolute atomic E-state index is 0.338. The summed E-state index contributed by atoms with van der Waals surface area (Å²) < 4.78 is 1.72. The average molecular weight is 363 g/mol. The first-order valence-corrected chi connectivity index (χ1v) is 8.23. The van der Waals surface area contributed by atoms with Crippen molar-refractivity contribution in [1.29, 1.82) is 0 Å². The molecule has 0 unspecified atom stereocenters. The van der Waals surface area contributed by atoms with Crippen molar-refractivity contribution < 1.29 is 4.79 Å². The summed E-state index contributed by atoms with van der Waals surface area (Å²) in [4.78, 5) is 19.8. The van der Waals surface area contributed by atoms with Crippen molar-refractivity contribution in [3.8, 4) is 5.82 Å². The molecule has 0 aliphatic heterocycles. The number of rotatable bonds is 5. The molecule has 2 heterocycles. The molecule has 0 fully saturated rings. The Hall–Kier alpha value is -3.65. The maximum atomic E-state index is 11.2. The van der Waals surface area contributed by atoms with Crippen LogP contribution in [0, 0.1) is 6.92 Å². The number of carbonyl (C=O) groups excluding carboxylic acids is 1. The second-order valence-electron chi connectivity index (χ2n) is 6.12. The number of nitrogens with two attached hydrogens (primary N) is 3. The third-order valence-electron chi connectivity index (χ3n) is 4.17. The quantitative estimate of drug-likeness (QED) is 0.462. The normalized spacial score (nSPS) is 11.8. The summed E-state index contributed by atoms with van der Waals surface area (Å²) in [6, 6.07) is 11.1. The van der Waals surface area contributed by atoms with E-state index in [1.807, 2.05) is 31.2 Å². The van der Waals surface area contributed by atoms with E-state index in [9.17, 15) is 4.79 Å². The Labute approximate surface area is 156 Å². The molecule has 0 radical (unpaired) electrons. The number of hydrogen-bond acceptors (Lipinski definition) is 6. The smallest absolute Gasteiger partial charge is 0.250 e. The molecule has 27 heavy (non-hydrogen) atoms. The van der Waals surface area contributed by atoms with Gasteiger partial charge in [-0.15, -0.1) is 0 Å². The highest BCUT2D eigenvalue weighted by molar-refractivity contribution is 5.92. The van der Waals surface area contributed by atoms with E-state index in [-0.39, 0.29) is 0 Å². The van der Waals surface area contributed by atoms with Crippen molar-refractivity contribution in [3.63, 3.8) is 0 Å². The van der Waals surface area contributed by atoms with Gasteiger partial charge in [0.25, 0.3) is 0 Å². The van der Waals surface area contributed by atoms with Crippen molar-refractivity contribution >= 4 is 17.3 Å². The van der Waals surface area contributed by atoms with Gasteiger partial charge in [-0.05, 0) is 24.6 Å². The molecule has 3 aromatic rings. The zero-order valence-electron chi connectivity index (χ0n) is 15.1. The molecular weight excluding hydrogens is 342 g/mol.